The van der Waals surface area contributed by atoms with Gasteiger partial charge in [-0.2, -0.15) is 0 Å². The molecular weight excluding hydrogens is 244 g/mol. The quantitative estimate of drug-likeness (QED) is 0.659. The molecule has 0 saturated carbocycles. The van der Waals surface area contributed by atoms with Crippen molar-refractivity contribution in [3.8, 4) is 0 Å². The van der Waals surface area contributed by atoms with Crippen molar-refractivity contribution in [2.75, 3.05) is 13.1 Å². The Hall–Kier alpha value is -0.960. The molecule has 1 N–H and O–H groups in total. The van der Waals surface area contributed by atoms with Gasteiger partial charge in [-0.15, -0.1) is 0 Å². The molecule has 0 radical (unpaired) electrons. The summed E-state index contributed by atoms with van der Waals surface area (Å²) in [5.74, 6) is -0.802. The predicted octanol–water partition coefficient (Wildman–Crippen LogP) is 4.31. The van der Waals surface area contributed by atoms with Gasteiger partial charge in [0.1, 0.15) is 0 Å². The van der Waals surface area contributed by atoms with Crippen LogP contribution in [0.5, 0.6) is 0 Å². The van der Waals surface area contributed by atoms with Crippen LogP contribution in [-0.4, -0.2) is 13.1 Å². The number of benzene rings is 1. The molecule has 0 aromatic heterocycles. The summed E-state index contributed by atoms with van der Waals surface area (Å²) in [4.78, 5) is 0. The predicted molar refractivity (Wildman–Crippen MR) is 76.2 cm³/mol. The van der Waals surface area contributed by atoms with E-state index in [-0.39, 0.29) is 0 Å². The van der Waals surface area contributed by atoms with Crippen molar-refractivity contribution < 1.29 is 8.78 Å². The maximum absolute atomic E-state index is 13.0. The zero-order chi connectivity index (χ0) is 14.1. The van der Waals surface area contributed by atoms with Crippen molar-refractivity contribution >= 4 is 0 Å². The average Bonchev–Trinajstić information content (AvgIpc) is 2.36. The molecule has 1 nitrogen and oxygen atoms in total. The van der Waals surface area contributed by atoms with Gasteiger partial charge in [0.15, 0.2) is 11.6 Å². The van der Waals surface area contributed by atoms with Crippen molar-refractivity contribution in [1.82, 2.24) is 5.32 Å². The van der Waals surface area contributed by atoms with E-state index in [9.17, 15) is 8.78 Å². The van der Waals surface area contributed by atoms with Gasteiger partial charge in [0, 0.05) is 0 Å². The first-order valence-electron chi connectivity index (χ1n) is 7.24. The first-order valence-corrected chi connectivity index (χ1v) is 7.24. The van der Waals surface area contributed by atoms with Crippen molar-refractivity contribution in [3.63, 3.8) is 0 Å². The second-order valence-electron chi connectivity index (χ2n) is 5.51. The fourth-order valence-corrected chi connectivity index (χ4v) is 2.02. The summed E-state index contributed by atoms with van der Waals surface area (Å²) < 4.78 is 25.7. The lowest BCUT2D eigenvalue weighted by atomic mass is 10.1. The fraction of sp³-hybridized carbons (Fsp3) is 0.625. The summed E-state index contributed by atoms with van der Waals surface area (Å²) in [6.45, 7) is 6.56. The molecule has 19 heavy (non-hydrogen) atoms. The van der Waals surface area contributed by atoms with Gasteiger partial charge < -0.3 is 5.32 Å². The van der Waals surface area contributed by atoms with Crippen LogP contribution in [0.2, 0.25) is 0 Å². The molecule has 1 rings (SSSR count). The molecule has 0 unspecified atom stereocenters. The molecule has 0 fully saturated rings. The van der Waals surface area contributed by atoms with Crippen LogP contribution < -0.4 is 5.32 Å². The third-order valence-corrected chi connectivity index (χ3v) is 3.11. The van der Waals surface area contributed by atoms with Gasteiger partial charge in [0.25, 0.3) is 0 Å². The molecule has 1 aromatic rings. The summed E-state index contributed by atoms with van der Waals surface area (Å²) in [6.07, 6.45) is 5.38. The van der Waals surface area contributed by atoms with Gasteiger partial charge in [0.05, 0.1) is 0 Å². The van der Waals surface area contributed by atoms with Crippen LogP contribution in [0.15, 0.2) is 18.2 Å². The van der Waals surface area contributed by atoms with Crippen LogP contribution in [0, 0.1) is 17.6 Å². The van der Waals surface area contributed by atoms with Gasteiger partial charge in [0.2, 0.25) is 0 Å². The number of halogens is 2. The molecule has 0 aliphatic heterocycles. The van der Waals surface area contributed by atoms with E-state index in [0.29, 0.717) is 5.92 Å². The fourth-order valence-electron chi connectivity index (χ4n) is 2.02. The van der Waals surface area contributed by atoms with Gasteiger partial charge >= 0.3 is 0 Å². The zero-order valence-electron chi connectivity index (χ0n) is 12.0. The SMILES string of the molecule is CC(C)CNCCCCCCc1ccc(F)c(F)c1. The minimum atomic E-state index is -0.764. The van der Waals surface area contributed by atoms with E-state index < -0.39 is 11.6 Å². The largest absolute Gasteiger partial charge is 0.316 e. The number of hydrogen-bond acceptors (Lipinski definition) is 1. The van der Waals surface area contributed by atoms with E-state index in [2.05, 4.69) is 19.2 Å². The molecular formula is C16H25F2N. The van der Waals surface area contributed by atoms with E-state index in [1.165, 1.54) is 25.0 Å². The minimum absolute atomic E-state index is 0.702. The second-order valence-corrected chi connectivity index (χ2v) is 5.51. The van der Waals surface area contributed by atoms with Crippen LogP contribution in [0.1, 0.15) is 45.1 Å². The van der Waals surface area contributed by atoms with Crippen molar-refractivity contribution in [1.29, 1.82) is 0 Å². The molecule has 3 heteroatoms. The Morgan fingerprint density at radius 2 is 1.74 bits per heavy atom. The Bertz CT molecular complexity index is 364. The lowest BCUT2D eigenvalue weighted by Crippen LogP contribution is -2.20. The molecule has 0 aliphatic rings. The molecule has 0 amide bonds. The third-order valence-electron chi connectivity index (χ3n) is 3.11. The Balaban J connectivity index is 2.03. The van der Waals surface area contributed by atoms with Gasteiger partial charge in [-0.1, -0.05) is 32.8 Å². The molecule has 0 aliphatic carbocycles. The Labute approximate surface area is 115 Å². The summed E-state index contributed by atoms with van der Waals surface area (Å²) in [7, 11) is 0. The normalized spacial score (nSPS) is 11.2. The topological polar surface area (TPSA) is 12.0 Å². The van der Waals surface area contributed by atoms with Gasteiger partial charge in [-0.3, -0.25) is 0 Å². The number of nitrogens with one attached hydrogen (secondary N) is 1. The first-order chi connectivity index (χ1) is 9.09. The number of hydrogen-bond donors (Lipinski definition) is 1. The van der Waals surface area contributed by atoms with Crippen LogP contribution >= 0.6 is 0 Å². The van der Waals surface area contributed by atoms with Gasteiger partial charge in [-0.05, 0) is 56.0 Å². The summed E-state index contributed by atoms with van der Waals surface area (Å²) in [5.41, 5.74) is 0.886. The van der Waals surface area contributed by atoms with Gasteiger partial charge in [-0.25, -0.2) is 8.78 Å². The standard InChI is InChI=1S/C16H25F2N/c1-13(2)12-19-10-6-4-3-5-7-14-8-9-15(17)16(18)11-14/h8-9,11,13,19H,3-7,10,12H2,1-2H3. The van der Waals surface area contributed by atoms with Crippen LogP contribution in [0.4, 0.5) is 8.78 Å². The van der Waals surface area contributed by atoms with Crippen molar-refractivity contribution in [2.45, 2.75) is 46.0 Å². The summed E-state index contributed by atoms with van der Waals surface area (Å²) in [5, 5.41) is 3.42. The highest BCUT2D eigenvalue weighted by atomic mass is 19.2. The average molecular weight is 269 g/mol. The molecule has 0 heterocycles. The van der Waals surface area contributed by atoms with Crippen molar-refractivity contribution in [3.05, 3.63) is 35.4 Å². The number of rotatable bonds is 9. The Kier molecular flexibility index (Phi) is 7.65. The number of unbranched alkanes of at least 4 members (excludes halogenated alkanes) is 3. The highest BCUT2D eigenvalue weighted by molar-refractivity contribution is 5.17. The second kappa shape index (κ2) is 9.03. The monoisotopic (exact) mass is 269 g/mol. The van der Waals surface area contributed by atoms with Crippen LogP contribution in [-0.2, 0) is 6.42 Å². The molecule has 108 valence electrons. The molecule has 1 aromatic carbocycles. The maximum Gasteiger partial charge on any atom is 0.159 e. The molecule has 0 saturated heterocycles. The first kappa shape index (κ1) is 16.1. The highest BCUT2D eigenvalue weighted by Crippen LogP contribution is 2.12. The Morgan fingerprint density at radius 3 is 2.42 bits per heavy atom. The minimum Gasteiger partial charge on any atom is -0.316 e. The van der Waals surface area contributed by atoms with E-state index in [1.807, 2.05) is 0 Å². The Morgan fingerprint density at radius 1 is 1.00 bits per heavy atom. The van der Waals surface area contributed by atoms with E-state index in [4.69, 9.17) is 0 Å². The summed E-state index contributed by atoms with van der Waals surface area (Å²) in [6, 6.07) is 4.18. The maximum atomic E-state index is 13.0. The zero-order valence-corrected chi connectivity index (χ0v) is 12.0. The highest BCUT2D eigenvalue weighted by Gasteiger charge is 2.02. The van der Waals surface area contributed by atoms with Crippen molar-refractivity contribution in [2.24, 2.45) is 5.92 Å². The van der Waals surface area contributed by atoms with Crippen LogP contribution in [0.3, 0.4) is 0 Å². The smallest absolute Gasteiger partial charge is 0.159 e. The lowest BCUT2D eigenvalue weighted by Gasteiger charge is -2.07. The van der Waals surface area contributed by atoms with E-state index >= 15 is 0 Å². The molecule has 0 spiro atoms. The van der Waals surface area contributed by atoms with E-state index in [1.54, 1.807) is 6.07 Å². The number of aryl methyl sites for hydroxylation is 1. The molecule has 0 bridgehead atoms. The van der Waals surface area contributed by atoms with E-state index in [0.717, 1.165) is 37.9 Å². The third kappa shape index (κ3) is 7.26. The molecule has 0 atom stereocenters. The summed E-state index contributed by atoms with van der Waals surface area (Å²) >= 11 is 0. The lowest BCUT2D eigenvalue weighted by molar-refractivity contribution is 0.506. The van der Waals surface area contributed by atoms with Crippen LogP contribution in [0.25, 0.3) is 0 Å².